The van der Waals surface area contributed by atoms with Crippen LogP contribution in [0.4, 0.5) is 0 Å². The third-order valence-corrected chi connectivity index (χ3v) is 8.97. The lowest BCUT2D eigenvalue weighted by Crippen LogP contribution is -1.97. The Bertz CT molecular complexity index is 2150. The average molecular weight is 527 g/mol. The van der Waals surface area contributed by atoms with Gasteiger partial charge in [-0.3, -0.25) is 0 Å². The van der Waals surface area contributed by atoms with Crippen LogP contribution in [-0.4, -0.2) is 0 Å². The van der Waals surface area contributed by atoms with Crippen molar-refractivity contribution in [3.63, 3.8) is 0 Å². The first kappa shape index (κ1) is 22.6. The van der Waals surface area contributed by atoms with Crippen molar-refractivity contribution in [2.24, 2.45) is 0 Å². The molecule has 0 radical (unpaired) electrons. The molecule has 6 aromatic rings. The summed E-state index contributed by atoms with van der Waals surface area (Å²) in [7, 11) is 0. The molecule has 2 heterocycles. The number of rotatable bonds is 2. The summed E-state index contributed by atoms with van der Waals surface area (Å²) >= 11 is 1.74. The molecular weight excluding hydrogens is 508 g/mol. The zero-order chi connectivity index (χ0) is 26.8. The van der Waals surface area contributed by atoms with Gasteiger partial charge in [-0.25, -0.2) is 0 Å². The van der Waals surface area contributed by atoms with E-state index < -0.39 is 0 Å². The standard InChI is InChI=1S/C36H18N2OS/c37-19-24(20-38)35-27-8-2-1-7-25(27)30-17-22(12-14-29(30)35)33-15-16-34(40-33)23-11-13-26-28-9-3-5-21-6-4-10-31(36(21)28)39-32(26)18-23/h1-18H. The van der Waals surface area contributed by atoms with Crippen LogP contribution in [0.5, 0.6) is 11.5 Å². The van der Waals surface area contributed by atoms with Crippen molar-refractivity contribution in [1.29, 1.82) is 10.5 Å². The van der Waals surface area contributed by atoms with E-state index in [1.54, 1.807) is 11.3 Å². The molecule has 0 saturated carbocycles. The second-order valence-electron chi connectivity index (χ2n) is 9.92. The van der Waals surface area contributed by atoms with Gasteiger partial charge in [0.05, 0.1) is 0 Å². The van der Waals surface area contributed by atoms with E-state index in [2.05, 4.69) is 84.9 Å². The Kier molecular flexibility index (Phi) is 4.82. The number of nitrogens with zero attached hydrogens (tertiary/aromatic N) is 2. The topological polar surface area (TPSA) is 56.8 Å². The predicted molar refractivity (Wildman–Crippen MR) is 161 cm³/mol. The van der Waals surface area contributed by atoms with Crippen LogP contribution in [0, 0.1) is 22.7 Å². The second-order valence-corrected chi connectivity index (χ2v) is 11.0. The van der Waals surface area contributed by atoms with Crippen molar-refractivity contribution in [1.82, 2.24) is 0 Å². The third kappa shape index (κ3) is 3.21. The molecule has 0 amide bonds. The molecule has 1 aliphatic heterocycles. The van der Waals surface area contributed by atoms with Gasteiger partial charge in [0.15, 0.2) is 0 Å². The van der Waals surface area contributed by atoms with E-state index in [0.29, 0.717) is 0 Å². The molecule has 0 spiro atoms. The summed E-state index contributed by atoms with van der Waals surface area (Å²) in [5.41, 5.74) is 9.38. The molecule has 40 heavy (non-hydrogen) atoms. The normalized spacial score (nSPS) is 12.1. The van der Waals surface area contributed by atoms with Crippen LogP contribution in [0.1, 0.15) is 11.1 Å². The van der Waals surface area contributed by atoms with E-state index in [-0.39, 0.29) is 5.57 Å². The molecule has 5 aromatic carbocycles. The first-order valence-electron chi connectivity index (χ1n) is 13.0. The van der Waals surface area contributed by atoms with E-state index in [1.807, 2.05) is 36.4 Å². The number of fused-ring (bicyclic) bond motifs is 5. The lowest BCUT2D eigenvalue weighted by molar-refractivity contribution is 0.487. The van der Waals surface area contributed by atoms with Crippen molar-refractivity contribution >= 4 is 27.7 Å². The summed E-state index contributed by atoms with van der Waals surface area (Å²) in [6, 6.07) is 41.9. The van der Waals surface area contributed by atoms with Crippen LogP contribution < -0.4 is 4.74 Å². The Balaban J connectivity index is 1.19. The quantitative estimate of drug-likeness (QED) is 0.211. The maximum Gasteiger partial charge on any atom is 0.138 e. The Hall–Kier alpha value is -5.42. The fourth-order valence-electron chi connectivity index (χ4n) is 5.99. The molecular formula is C36H18N2OS. The molecule has 8 rings (SSSR count). The minimum absolute atomic E-state index is 0.144. The largest absolute Gasteiger partial charge is 0.456 e. The lowest BCUT2D eigenvalue weighted by Gasteiger charge is -2.21. The molecule has 0 unspecified atom stereocenters. The molecule has 184 valence electrons. The van der Waals surface area contributed by atoms with Gasteiger partial charge in [-0.2, -0.15) is 10.5 Å². The average Bonchev–Trinajstić information content (AvgIpc) is 3.62. The number of allylic oxidation sites excluding steroid dienone is 1. The summed E-state index contributed by atoms with van der Waals surface area (Å²) in [4.78, 5) is 2.32. The number of hydrogen-bond donors (Lipinski definition) is 0. The number of benzene rings is 5. The van der Waals surface area contributed by atoms with E-state index in [1.165, 1.54) is 10.9 Å². The van der Waals surface area contributed by atoms with Gasteiger partial charge < -0.3 is 4.74 Å². The van der Waals surface area contributed by atoms with E-state index >= 15 is 0 Å². The van der Waals surface area contributed by atoms with Crippen LogP contribution in [-0.2, 0) is 0 Å². The van der Waals surface area contributed by atoms with E-state index in [9.17, 15) is 10.5 Å². The lowest BCUT2D eigenvalue weighted by atomic mass is 9.94. The van der Waals surface area contributed by atoms with Gasteiger partial charge in [0.1, 0.15) is 29.2 Å². The van der Waals surface area contributed by atoms with Crippen molar-refractivity contribution in [2.45, 2.75) is 0 Å². The van der Waals surface area contributed by atoms with Crippen molar-refractivity contribution < 1.29 is 4.74 Å². The highest BCUT2D eigenvalue weighted by Gasteiger charge is 2.27. The molecule has 0 N–H and O–H groups in total. The minimum atomic E-state index is 0.144. The molecule has 2 aliphatic rings. The van der Waals surface area contributed by atoms with E-state index in [0.717, 1.165) is 71.2 Å². The van der Waals surface area contributed by atoms with Crippen LogP contribution in [0.25, 0.3) is 59.5 Å². The molecule has 0 bridgehead atoms. The predicted octanol–water partition coefficient (Wildman–Crippen LogP) is 9.84. The molecule has 4 heteroatoms. The maximum atomic E-state index is 9.60. The molecule has 0 fully saturated rings. The maximum absolute atomic E-state index is 9.60. The van der Waals surface area contributed by atoms with E-state index in [4.69, 9.17) is 4.74 Å². The van der Waals surface area contributed by atoms with Crippen LogP contribution in [0.15, 0.2) is 115 Å². The first-order chi connectivity index (χ1) is 19.7. The van der Waals surface area contributed by atoms with Crippen molar-refractivity contribution in [2.75, 3.05) is 0 Å². The zero-order valence-electron chi connectivity index (χ0n) is 21.1. The first-order valence-corrected chi connectivity index (χ1v) is 13.8. The van der Waals surface area contributed by atoms with Crippen LogP contribution in [0.3, 0.4) is 0 Å². The summed E-state index contributed by atoms with van der Waals surface area (Å²) in [5.74, 6) is 1.77. The Labute approximate surface area is 235 Å². The molecule has 1 aromatic heterocycles. The summed E-state index contributed by atoms with van der Waals surface area (Å²) in [5, 5.41) is 21.6. The van der Waals surface area contributed by atoms with Gasteiger partial charge in [0.25, 0.3) is 0 Å². The smallest absolute Gasteiger partial charge is 0.138 e. The Morgan fingerprint density at radius 2 is 1.20 bits per heavy atom. The number of ether oxygens (including phenoxy) is 1. The number of nitriles is 2. The summed E-state index contributed by atoms with van der Waals surface area (Å²) in [6.07, 6.45) is 0. The third-order valence-electron chi connectivity index (χ3n) is 7.78. The van der Waals surface area contributed by atoms with Gasteiger partial charge in [0, 0.05) is 26.3 Å². The zero-order valence-corrected chi connectivity index (χ0v) is 21.9. The van der Waals surface area contributed by atoms with Gasteiger partial charge in [-0.1, -0.05) is 72.8 Å². The van der Waals surface area contributed by atoms with Crippen LogP contribution in [0.2, 0.25) is 0 Å². The minimum Gasteiger partial charge on any atom is -0.456 e. The highest BCUT2D eigenvalue weighted by molar-refractivity contribution is 7.18. The van der Waals surface area contributed by atoms with Crippen LogP contribution >= 0.6 is 11.3 Å². The summed E-state index contributed by atoms with van der Waals surface area (Å²) in [6.45, 7) is 0. The SMILES string of the molecule is N#CC(C#N)=C1c2ccccc2-c2cc(-c3ccc(-c4ccc5c(c4)Oc4cccc6cccc-5c46)s3)ccc21. The molecule has 0 saturated heterocycles. The highest BCUT2D eigenvalue weighted by atomic mass is 32.1. The molecule has 3 nitrogen and oxygen atoms in total. The Morgan fingerprint density at radius 3 is 1.98 bits per heavy atom. The van der Waals surface area contributed by atoms with Gasteiger partial charge in [-0.05, 0) is 80.7 Å². The fourth-order valence-corrected chi connectivity index (χ4v) is 6.99. The Morgan fingerprint density at radius 1 is 0.550 bits per heavy atom. The van der Waals surface area contributed by atoms with Gasteiger partial charge >= 0.3 is 0 Å². The van der Waals surface area contributed by atoms with Gasteiger partial charge in [-0.15, -0.1) is 11.3 Å². The van der Waals surface area contributed by atoms with Crippen molar-refractivity contribution in [3.05, 3.63) is 126 Å². The van der Waals surface area contributed by atoms with Crippen molar-refractivity contribution in [3.8, 4) is 66.8 Å². The van der Waals surface area contributed by atoms with Gasteiger partial charge in [0.2, 0.25) is 0 Å². The number of hydrogen-bond acceptors (Lipinski definition) is 4. The fraction of sp³-hybridized carbons (Fsp3) is 0. The summed E-state index contributed by atoms with van der Waals surface area (Å²) < 4.78 is 6.39. The molecule has 0 atom stereocenters. The monoisotopic (exact) mass is 526 g/mol. The highest BCUT2D eigenvalue weighted by Crippen LogP contribution is 2.49. The second kappa shape index (κ2) is 8.55. The number of thiophene rings is 1. The molecule has 1 aliphatic carbocycles.